The first-order valence-electron chi connectivity index (χ1n) is 9.84. The Morgan fingerprint density at radius 2 is 1.87 bits per heavy atom. The van der Waals surface area contributed by atoms with E-state index in [-0.39, 0.29) is 17.9 Å². The van der Waals surface area contributed by atoms with Gasteiger partial charge in [0.05, 0.1) is 22.7 Å². The number of benzene rings is 2. The Morgan fingerprint density at radius 1 is 1.16 bits per heavy atom. The summed E-state index contributed by atoms with van der Waals surface area (Å²) in [5, 5.41) is 27.2. The van der Waals surface area contributed by atoms with Gasteiger partial charge in [0.2, 0.25) is 5.91 Å². The van der Waals surface area contributed by atoms with Crippen molar-refractivity contribution >= 4 is 29.3 Å². The van der Waals surface area contributed by atoms with E-state index in [0.29, 0.717) is 33.4 Å². The van der Waals surface area contributed by atoms with Crippen LogP contribution in [0, 0.1) is 0 Å². The second kappa shape index (κ2) is 8.35. The summed E-state index contributed by atoms with van der Waals surface area (Å²) in [5.74, 6) is -0.922. The third kappa shape index (κ3) is 3.61. The molecule has 4 rings (SSSR count). The molecule has 3 aromatic rings. The molecule has 1 atom stereocenters. The van der Waals surface area contributed by atoms with Crippen LogP contribution in [0.25, 0.3) is 11.3 Å². The Balaban J connectivity index is 2.01. The van der Waals surface area contributed by atoms with Gasteiger partial charge in [0.25, 0.3) is 17.0 Å². The lowest BCUT2D eigenvalue weighted by Crippen LogP contribution is -2.59. The molecule has 0 aliphatic carbocycles. The molecule has 0 saturated carbocycles. The minimum Gasteiger partial charge on any atom is -0.854 e. The molecule has 0 saturated heterocycles. The topological polar surface area (TPSA) is 110 Å². The van der Waals surface area contributed by atoms with Crippen LogP contribution in [-0.2, 0) is 4.79 Å². The normalized spacial score (nSPS) is 14.6. The fourth-order valence-electron chi connectivity index (χ4n) is 3.66. The summed E-state index contributed by atoms with van der Waals surface area (Å²) in [7, 11) is 0. The first kappa shape index (κ1) is 20.8. The van der Waals surface area contributed by atoms with Gasteiger partial charge in [-0.15, -0.1) is 0 Å². The van der Waals surface area contributed by atoms with Crippen molar-refractivity contribution in [2.45, 2.75) is 31.6 Å². The van der Waals surface area contributed by atoms with Crippen LogP contribution < -0.4 is 14.7 Å². The van der Waals surface area contributed by atoms with Gasteiger partial charge in [0.1, 0.15) is 0 Å². The Morgan fingerprint density at radius 3 is 2.52 bits per heavy atom. The molecule has 31 heavy (non-hydrogen) atoms. The van der Waals surface area contributed by atoms with Crippen molar-refractivity contribution in [3.05, 3.63) is 59.7 Å². The van der Waals surface area contributed by atoms with Crippen LogP contribution in [-0.4, -0.2) is 32.8 Å². The fraction of sp³-hybridized carbons (Fsp3) is 0.227. The van der Waals surface area contributed by atoms with Crippen LogP contribution in [0.2, 0.25) is 0 Å². The van der Waals surface area contributed by atoms with E-state index in [4.69, 9.17) is 0 Å². The summed E-state index contributed by atoms with van der Waals surface area (Å²) < 4.78 is 1.54. The van der Waals surface area contributed by atoms with Crippen LogP contribution in [0.1, 0.15) is 42.4 Å². The van der Waals surface area contributed by atoms with E-state index in [1.807, 2.05) is 13.0 Å². The van der Waals surface area contributed by atoms with Crippen molar-refractivity contribution < 1.29 is 24.5 Å². The largest absolute Gasteiger partial charge is 0.854 e. The number of hydrogen-bond acceptors (Lipinski definition) is 6. The summed E-state index contributed by atoms with van der Waals surface area (Å²) in [6, 6.07) is 13.4. The monoisotopic (exact) mass is 436 g/mol. The van der Waals surface area contributed by atoms with Gasteiger partial charge in [-0.1, -0.05) is 42.4 Å². The predicted octanol–water partition coefficient (Wildman–Crippen LogP) is 2.62. The van der Waals surface area contributed by atoms with E-state index in [9.17, 15) is 19.8 Å². The summed E-state index contributed by atoms with van der Waals surface area (Å²) >= 11 is 1.34. The number of carboxylic acid groups (broad SMARTS) is 1. The number of para-hydroxylation sites is 1. The predicted molar refractivity (Wildman–Crippen MR) is 113 cm³/mol. The number of fused-ring (bicyclic) bond motifs is 3. The first-order chi connectivity index (χ1) is 15.0. The molecule has 2 aromatic carbocycles. The zero-order valence-electron chi connectivity index (χ0n) is 17.0. The Labute approximate surface area is 183 Å². The van der Waals surface area contributed by atoms with Gasteiger partial charge < -0.3 is 10.2 Å². The first-order valence-corrected chi connectivity index (χ1v) is 10.8. The molecule has 1 N–H and O–H groups in total. The van der Waals surface area contributed by atoms with E-state index in [1.54, 1.807) is 46.8 Å². The van der Waals surface area contributed by atoms with Crippen molar-refractivity contribution in [1.82, 2.24) is 10.1 Å². The van der Waals surface area contributed by atoms with E-state index in [1.165, 1.54) is 23.9 Å². The number of carbonyl (C=O) groups excluding carboxylic acids is 1. The van der Waals surface area contributed by atoms with E-state index >= 15 is 0 Å². The molecule has 2 heterocycles. The quantitative estimate of drug-likeness (QED) is 0.483. The van der Waals surface area contributed by atoms with Gasteiger partial charge in [-0.2, -0.15) is 0 Å². The van der Waals surface area contributed by atoms with Crippen LogP contribution in [0.3, 0.4) is 0 Å². The van der Waals surface area contributed by atoms with Gasteiger partial charge in [-0.3, -0.25) is 4.79 Å². The number of carboxylic acids is 1. The number of aromatic carboxylic acids is 1. The average molecular weight is 436 g/mol. The highest BCUT2D eigenvalue weighted by molar-refractivity contribution is 7.99. The minimum atomic E-state index is -1.04. The zero-order valence-corrected chi connectivity index (χ0v) is 17.8. The molecule has 0 spiro atoms. The third-order valence-electron chi connectivity index (χ3n) is 5.02. The minimum absolute atomic E-state index is 0.132. The highest BCUT2D eigenvalue weighted by Crippen LogP contribution is 2.41. The van der Waals surface area contributed by atoms with Gasteiger partial charge in [0.15, 0.2) is 0 Å². The smallest absolute Gasteiger partial charge is 0.335 e. The molecular formula is C22H20N4O4S. The van der Waals surface area contributed by atoms with Gasteiger partial charge in [0, 0.05) is 17.1 Å². The molecule has 0 radical (unpaired) electrons. The van der Waals surface area contributed by atoms with E-state index in [2.05, 4.69) is 10.1 Å². The van der Waals surface area contributed by atoms with Crippen molar-refractivity contribution in [3.8, 4) is 17.1 Å². The molecule has 1 unspecified atom stereocenters. The second-order valence-corrected chi connectivity index (χ2v) is 8.09. The molecule has 8 nitrogen and oxygen atoms in total. The van der Waals surface area contributed by atoms with E-state index < -0.39 is 18.0 Å². The highest BCUT2D eigenvalue weighted by Gasteiger charge is 2.44. The lowest BCUT2D eigenvalue weighted by atomic mass is 10.00. The molecule has 0 bridgehead atoms. The van der Waals surface area contributed by atoms with Crippen molar-refractivity contribution in [2.24, 2.45) is 0 Å². The van der Waals surface area contributed by atoms with Crippen LogP contribution in [0.4, 0.5) is 5.69 Å². The summed E-state index contributed by atoms with van der Waals surface area (Å²) in [6.07, 6.45) is -0.494. The van der Waals surface area contributed by atoms with Gasteiger partial charge >= 0.3 is 5.97 Å². The summed E-state index contributed by atoms with van der Waals surface area (Å²) in [5.41, 5.74) is 2.24. The van der Waals surface area contributed by atoms with Gasteiger partial charge in [-0.25, -0.2) is 14.7 Å². The highest BCUT2D eigenvalue weighted by atomic mass is 32.2. The number of amides is 1. The van der Waals surface area contributed by atoms with Crippen LogP contribution in [0.15, 0.2) is 53.7 Å². The maximum absolute atomic E-state index is 13.1. The van der Waals surface area contributed by atoms with Crippen molar-refractivity contribution in [2.75, 3.05) is 10.7 Å². The standard InChI is InChI=1S/C22H20N4O4S/c1-3-17(27)25-16-8-6-5-7-15(16)18-19(28)23-22(31-4-2)24-26(18)20(25)13-9-11-14(12-10-13)21(29)30/h5-12,20H,3-4H2,1-2H3,(H-,23,24,28,29,30). The number of anilines is 1. The molecule has 1 amide bonds. The molecule has 1 aromatic heterocycles. The molecule has 9 heteroatoms. The molecule has 158 valence electrons. The number of aromatic nitrogens is 3. The Hall–Kier alpha value is -3.46. The third-order valence-corrected chi connectivity index (χ3v) is 5.74. The fourth-order valence-corrected chi connectivity index (χ4v) is 4.21. The summed E-state index contributed by atoms with van der Waals surface area (Å²) in [4.78, 5) is 30.1. The van der Waals surface area contributed by atoms with E-state index in [0.717, 1.165) is 0 Å². The maximum atomic E-state index is 13.1. The summed E-state index contributed by atoms with van der Waals surface area (Å²) in [6.45, 7) is 3.71. The molecule has 1 aliphatic rings. The van der Waals surface area contributed by atoms with Crippen molar-refractivity contribution in [3.63, 3.8) is 0 Å². The number of hydrogen-bond donors (Lipinski definition) is 1. The Bertz CT molecular complexity index is 1170. The van der Waals surface area contributed by atoms with Crippen LogP contribution >= 0.6 is 11.8 Å². The molecule has 0 fully saturated rings. The SMILES string of the molecule is CCSc1nc([O-])c2[n+](n1)C(c1ccc(C(=O)O)cc1)N(C(=O)CC)c1ccccc1-2. The van der Waals surface area contributed by atoms with Crippen molar-refractivity contribution in [1.29, 1.82) is 0 Å². The maximum Gasteiger partial charge on any atom is 0.335 e. The van der Waals surface area contributed by atoms with Crippen LogP contribution in [0.5, 0.6) is 5.88 Å². The number of thioether (sulfide) groups is 1. The Kier molecular flexibility index (Phi) is 5.60. The number of nitrogens with zero attached hydrogens (tertiary/aromatic N) is 4. The number of rotatable bonds is 5. The molecular weight excluding hydrogens is 416 g/mol. The lowest BCUT2D eigenvalue weighted by Gasteiger charge is -2.33. The van der Waals surface area contributed by atoms with Gasteiger partial charge in [-0.05, 0) is 42.2 Å². The molecule has 1 aliphatic heterocycles. The number of carbonyl (C=O) groups is 2. The zero-order chi connectivity index (χ0) is 22.1. The average Bonchev–Trinajstić information content (AvgIpc) is 2.77. The second-order valence-electron chi connectivity index (χ2n) is 6.86. The lowest BCUT2D eigenvalue weighted by molar-refractivity contribution is -0.764.